The lowest BCUT2D eigenvalue weighted by molar-refractivity contribution is 0.383. The van der Waals surface area contributed by atoms with Crippen LogP contribution in [0.4, 0.5) is 8.78 Å². The average Bonchev–Trinajstić information content (AvgIpc) is 2.80. The third kappa shape index (κ3) is 2.74. The monoisotopic (exact) mass is 266 g/mol. The summed E-state index contributed by atoms with van der Waals surface area (Å²) in [4.78, 5) is 7.27. The number of nitrogens with zero attached hydrogens (tertiary/aromatic N) is 1. The molecule has 4 nitrogen and oxygen atoms in total. The number of aromatic nitrogens is 2. The fraction of sp³-hybridized carbons (Fsp3) is 0.462. The molecule has 6 heteroatoms. The molecule has 0 bridgehead atoms. The van der Waals surface area contributed by atoms with Crippen LogP contribution >= 0.6 is 0 Å². The number of H-pyrrole nitrogens is 1. The van der Waals surface area contributed by atoms with Crippen LogP contribution in [0.15, 0.2) is 12.1 Å². The van der Waals surface area contributed by atoms with Crippen LogP contribution in [-0.2, 0) is 6.54 Å². The molecule has 19 heavy (non-hydrogen) atoms. The number of piperidine rings is 1. The highest BCUT2D eigenvalue weighted by Crippen LogP contribution is 2.16. The molecule has 0 unspecified atom stereocenters. The van der Waals surface area contributed by atoms with Crippen molar-refractivity contribution in [1.29, 1.82) is 0 Å². The van der Waals surface area contributed by atoms with Gasteiger partial charge in [0.25, 0.3) is 0 Å². The molecule has 2 aromatic rings. The summed E-state index contributed by atoms with van der Waals surface area (Å²) < 4.78 is 26.2. The smallest absolute Gasteiger partial charge is 0.161 e. The molecule has 1 aromatic carbocycles. The summed E-state index contributed by atoms with van der Waals surface area (Å²) in [6.07, 6.45) is 2.17. The van der Waals surface area contributed by atoms with E-state index < -0.39 is 11.6 Å². The molecule has 0 atom stereocenters. The Bertz CT molecular complexity index is 536. The lowest BCUT2D eigenvalue weighted by Crippen LogP contribution is -2.39. The Morgan fingerprint density at radius 2 is 1.95 bits per heavy atom. The van der Waals surface area contributed by atoms with Gasteiger partial charge < -0.3 is 15.6 Å². The molecule has 1 fully saturated rings. The van der Waals surface area contributed by atoms with Gasteiger partial charge in [0.15, 0.2) is 11.6 Å². The molecule has 0 aliphatic carbocycles. The number of imidazole rings is 1. The van der Waals surface area contributed by atoms with Crippen molar-refractivity contribution in [2.24, 2.45) is 0 Å². The van der Waals surface area contributed by atoms with E-state index in [1.807, 2.05) is 0 Å². The maximum absolute atomic E-state index is 13.1. The van der Waals surface area contributed by atoms with Crippen molar-refractivity contribution in [3.8, 4) is 0 Å². The summed E-state index contributed by atoms with van der Waals surface area (Å²) in [5.41, 5.74) is 0.988. The van der Waals surface area contributed by atoms with Gasteiger partial charge in [-0.2, -0.15) is 0 Å². The Balaban J connectivity index is 1.70. The Morgan fingerprint density at radius 1 is 1.21 bits per heavy atom. The molecular weight excluding hydrogens is 250 g/mol. The molecule has 1 aromatic heterocycles. The van der Waals surface area contributed by atoms with Crippen molar-refractivity contribution < 1.29 is 8.78 Å². The van der Waals surface area contributed by atoms with E-state index in [1.54, 1.807) is 0 Å². The number of nitrogens with one attached hydrogen (secondary N) is 3. The zero-order valence-corrected chi connectivity index (χ0v) is 10.5. The molecule has 0 saturated carbocycles. The molecule has 102 valence electrons. The highest BCUT2D eigenvalue weighted by atomic mass is 19.2. The first-order valence-corrected chi connectivity index (χ1v) is 6.50. The fourth-order valence-electron chi connectivity index (χ4n) is 2.41. The van der Waals surface area contributed by atoms with E-state index in [4.69, 9.17) is 0 Å². The third-order valence-electron chi connectivity index (χ3n) is 3.47. The first-order chi connectivity index (χ1) is 9.22. The lowest BCUT2D eigenvalue weighted by atomic mass is 10.1. The zero-order valence-electron chi connectivity index (χ0n) is 10.5. The lowest BCUT2D eigenvalue weighted by Gasteiger charge is -2.23. The van der Waals surface area contributed by atoms with Crippen molar-refractivity contribution in [2.45, 2.75) is 25.4 Å². The highest BCUT2D eigenvalue weighted by Gasteiger charge is 2.13. The van der Waals surface area contributed by atoms with Gasteiger partial charge in [-0.25, -0.2) is 13.8 Å². The highest BCUT2D eigenvalue weighted by molar-refractivity contribution is 5.75. The first kappa shape index (κ1) is 12.5. The van der Waals surface area contributed by atoms with Gasteiger partial charge in [0, 0.05) is 18.2 Å². The summed E-state index contributed by atoms with van der Waals surface area (Å²) >= 11 is 0. The predicted molar refractivity (Wildman–Crippen MR) is 68.7 cm³/mol. The molecule has 0 radical (unpaired) electrons. The third-order valence-corrected chi connectivity index (χ3v) is 3.47. The topological polar surface area (TPSA) is 52.7 Å². The van der Waals surface area contributed by atoms with Crippen molar-refractivity contribution >= 4 is 11.0 Å². The summed E-state index contributed by atoms with van der Waals surface area (Å²) in [7, 11) is 0. The van der Waals surface area contributed by atoms with Crippen LogP contribution in [0.5, 0.6) is 0 Å². The standard InChI is InChI=1S/C13H16F2N4/c14-9-5-11-12(6-10(9)15)19-13(18-11)7-17-8-1-3-16-4-2-8/h5-6,8,16-17H,1-4,7H2,(H,18,19). The number of fused-ring (bicyclic) bond motifs is 1. The number of hydrogen-bond acceptors (Lipinski definition) is 3. The van der Waals surface area contributed by atoms with Gasteiger partial charge in [-0.15, -0.1) is 0 Å². The van der Waals surface area contributed by atoms with Crippen LogP contribution in [-0.4, -0.2) is 29.1 Å². The van der Waals surface area contributed by atoms with Crippen LogP contribution in [0.1, 0.15) is 18.7 Å². The molecule has 2 heterocycles. The van der Waals surface area contributed by atoms with Gasteiger partial charge in [0.2, 0.25) is 0 Å². The molecule has 1 saturated heterocycles. The maximum atomic E-state index is 13.1. The maximum Gasteiger partial charge on any atom is 0.161 e. The Hall–Kier alpha value is -1.53. The first-order valence-electron chi connectivity index (χ1n) is 6.50. The zero-order chi connectivity index (χ0) is 13.2. The van der Waals surface area contributed by atoms with Gasteiger partial charge in [-0.1, -0.05) is 0 Å². The Morgan fingerprint density at radius 3 is 2.74 bits per heavy atom. The minimum Gasteiger partial charge on any atom is -0.341 e. The molecular formula is C13H16F2N4. The van der Waals surface area contributed by atoms with Crippen LogP contribution in [0.2, 0.25) is 0 Å². The largest absolute Gasteiger partial charge is 0.341 e. The number of benzene rings is 1. The van der Waals surface area contributed by atoms with E-state index >= 15 is 0 Å². The molecule has 1 aliphatic rings. The van der Waals surface area contributed by atoms with Crippen molar-refractivity contribution in [1.82, 2.24) is 20.6 Å². The summed E-state index contributed by atoms with van der Waals surface area (Å²) in [5, 5.41) is 6.71. The van der Waals surface area contributed by atoms with Crippen LogP contribution in [0.25, 0.3) is 11.0 Å². The predicted octanol–water partition coefficient (Wildman–Crippen LogP) is 1.68. The van der Waals surface area contributed by atoms with Gasteiger partial charge >= 0.3 is 0 Å². The second-order valence-electron chi connectivity index (χ2n) is 4.87. The van der Waals surface area contributed by atoms with Crippen molar-refractivity contribution in [2.75, 3.05) is 13.1 Å². The second-order valence-corrected chi connectivity index (χ2v) is 4.87. The van der Waals surface area contributed by atoms with Gasteiger partial charge in [-0.05, 0) is 25.9 Å². The van der Waals surface area contributed by atoms with E-state index in [0.29, 0.717) is 29.4 Å². The minimum atomic E-state index is -0.864. The number of halogens is 2. The number of hydrogen-bond donors (Lipinski definition) is 3. The van der Waals surface area contributed by atoms with E-state index in [2.05, 4.69) is 20.6 Å². The average molecular weight is 266 g/mol. The molecule has 3 rings (SSSR count). The van der Waals surface area contributed by atoms with E-state index in [0.717, 1.165) is 38.1 Å². The van der Waals surface area contributed by atoms with E-state index in [-0.39, 0.29) is 0 Å². The summed E-state index contributed by atoms with van der Waals surface area (Å²) in [6, 6.07) is 2.74. The minimum absolute atomic E-state index is 0.459. The van der Waals surface area contributed by atoms with Gasteiger partial charge in [-0.3, -0.25) is 0 Å². The van der Waals surface area contributed by atoms with Gasteiger partial charge in [0.05, 0.1) is 17.6 Å². The number of rotatable bonds is 3. The second kappa shape index (κ2) is 5.22. The van der Waals surface area contributed by atoms with Gasteiger partial charge in [0.1, 0.15) is 5.82 Å². The Labute approximate surface area is 109 Å². The molecule has 0 amide bonds. The fourth-order valence-corrected chi connectivity index (χ4v) is 2.41. The van der Waals surface area contributed by atoms with Crippen LogP contribution < -0.4 is 10.6 Å². The van der Waals surface area contributed by atoms with Crippen LogP contribution in [0, 0.1) is 11.6 Å². The van der Waals surface area contributed by atoms with Crippen molar-refractivity contribution in [3.63, 3.8) is 0 Å². The Kier molecular flexibility index (Phi) is 3.44. The number of aromatic amines is 1. The summed E-state index contributed by atoms with van der Waals surface area (Å²) in [6.45, 7) is 2.63. The van der Waals surface area contributed by atoms with E-state index in [1.165, 1.54) is 0 Å². The summed E-state index contributed by atoms with van der Waals surface area (Å²) in [5.74, 6) is -1.01. The SMILES string of the molecule is Fc1cc2nc(CNC3CCNCC3)[nH]c2cc1F. The van der Waals surface area contributed by atoms with Crippen molar-refractivity contribution in [3.05, 3.63) is 29.6 Å². The van der Waals surface area contributed by atoms with Crippen LogP contribution in [0.3, 0.4) is 0 Å². The van der Waals surface area contributed by atoms with E-state index in [9.17, 15) is 8.78 Å². The molecule has 1 aliphatic heterocycles. The molecule has 3 N–H and O–H groups in total. The molecule has 0 spiro atoms. The normalized spacial score (nSPS) is 17.2. The quantitative estimate of drug-likeness (QED) is 0.792.